The summed E-state index contributed by atoms with van der Waals surface area (Å²) in [6, 6.07) is 17.5. The zero-order chi connectivity index (χ0) is 17.0. The first-order chi connectivity index (χ1) is 11.5. The molecule has 3 rings (SSSR count). The maximum absolute atomic E-state index is 14.3. The summed E-state index contributed by atoms with van der Waals surface area (Å²) in [4.78, 5) is 2.14. The van der Waals surface area contributed by atoms with Gasteiger partial charge >= 0.3 is 0 Å². The normalized spacial score (nSPS) is 20.9. The van der Waals surface area contributed by atoms with Crippen LogP contribution in [0.5, 0.6) is 0 Å². The maximum Gasteiger partial charge on any atom is 0.253 e. The Morgan fingerprint density at radius 1 is 1.00 bits per heavy atom. The molecule has 1 fully saturated rings. The maximum atomic E-state index is 14.3. The standard InChI is InChI=1S/C20H22ClF2N/c21-19-10-7-17(8-11-19)14-24-13-12-20(22,23)18(15-24)9-6-16-4-2-1-3-5-16/h1-5,7-8,10-11,18H,6,9,12-15H2. The molecule has 0 spiro atoms. The first-order valence-corrected chi connectivity index (χ1v) is 8.79. The van der Waals surface area contributed by atoms with Crippen LogP contribution < -0.4 is 0 Å². The molecule has 1 aliphatic heterocycles. The van der Waals surface area contributed by atoms with Crippen LogP contribution in [0.15, 0.2) is 54.6 Å². The minimum Gasteiger partial charge on any atom is -0.298 e. The van der Waals surface area contributed by atoms with Crippen LogP contribution in [0.3, 0.4) is 0 Å². The number of piperidine rings is 1. The lowest BCUT2D eigenvalue weighted by Gasteiger charge is -2.38. The molecule has 1 aliphatic rings. The van der Waals surface area contributed by atoms with E-state index in [0.29, 0.717) is 37.5 Å². The summed E-state index contributed by atoms with van der Waals surface area (Å²) < 4.78 is 28.6. The van der Waals surface area contributed by atoms with Gasteiger partial charge < -0.3 is 0 Å². The Morgan fingerprint density at radius 2 is 1.71 bits per heavy atom. The lowest BCUT2D eigenvalue weighted by molar-refractivity contribution is -0.109. The number of hydrogen-bond acceptors (Lipinski definition) is 1. The van der Waals surface area contributed by atoms with E-state index in [9.17, 15) is 8.78 Å². The van der Waals surface area contributed by atoms with E-state index in [1.165, 1.54) is 0 Å². The summed E-state index contributed by atoms with van der Waals surface area (Å²) in [7, 11) is 0. The van der Waals surface area contributed by atoms with Gasteiger partial charge in [-0.3, -0.25) is 4.90 Å². The average Bonchev–Trinajstić information content (AvgIpc) is 2.58. The number of nitrogens with zero attached hydrogens (tertiary/aromatic N) is 1. The number of benzene rings is 2. The van der Waals surface area contributed by atoms with E-state index in [1.807, 2.05) is 54.6 Å². The van der Waals surface area contributed by atoms with Crippen LogP contribution in [0.1, 0.15) is 24.0 Å². The van der Waals surface area contributed by atoms with Crippen molar-refractivity contribution in [3.05, 3.63) is 70.7 Å². The molecule has 1 saturated heterocycles. The quantitative estimate of drug-likeness (QED) is 0.695. The van der Waals surface area contributed by atoms with Crippen molar-refractivity contribution >= 4 is 11.6 Å². The zero-order valence-electron chi connectivity index (χ0n) is 13.6. The van der Waals surface area contributed by atoms with Crippen LogP contribution in [0.2, 0.25) is 5.02 Å². The Kier molecular flexibility index (Phi) is 5.52. The highest BCUT2D eigenvalue weighted by atomic mass is 35.5. The Balaban J connectivity index is 1.60. The number of rotatable bonds is 5. The molecular weight excluding hydrogens is 328 g/mol. The third kappa shape index (κ3) is 4.55. The van der Waals surface area contributed by atoms with Gasteiger partial charge in [-0.25, -0.2) is 8.78 Å². The van der Waals surface area contributed by atoms with Crippen LogP contribution >= 0.6 is 11.6 Å². The molecule has 0 bridgehead atoms. The average molecular weight is 350 g/mol. The molecule has 24 heavy (non-hydrogen) atoms. The lowest BCUT2D eigenvalue weighted by atomic mass is 9.88. The third-order valence-electron chi connectivity index (χ3n) is 4.78. The first-order valence-electron chi connectivity index (χ1n) is 8.41. The Hall–Kier alpha value is -1.45. The van der Waals surface area contributed by atoms with Gasteiger partial charge in [0.25, 0.3) is 5.92 Å². The summed E-state index contributed by atoms with van der Waals surface area (Å²) in [6.45, 7) is 1.59. The summed E-state index contributed by atoms with van der Waals surface area (Å²) in [5, 5.41) is 0.699. The summed E-state index contributed by atoms with van der Waals surface area (Å²) in [6.07, 6.45) is 1.17. The monoisotopic (exact) mass is 349 g/mol. The van der Waals surface area contributed by atoms with Crippen LogP contribution in [-0.4, -0.2) is 23.9 Å². The van der Waals surface area contributed by atoms with Crippen molar-refractivity contribution in [2.75, 3.05) is 13.1 Å². The summed E-state index contributed by atoms with van der Waals surface area (Å²) in [5.41, 5.74) is 2.24. The summed E-state index contributed by atoms with van der Waals surface area (Å²) in [5.74, 6) is -3.15. The van der Waals surface area contributed by atoms with Crippen molar-refractivity contribution < 1.29 is 8.78 Å². The molecule has 2 aromatic carbocycles. The van der Waals surface area contributed by atoms with Gasteiger partial charge in [-0.05, 0) is 36.1 Å². The zero-order valence-corrected chi connectivity index (χ0v) is 14.4. The van der Waals surface area contributed by atoms with Gasteiger partial charge in [-0.15, -0.1) is 0 Å². The first kappa shape index (κ1) is 17.4. The van der Waals surface area contributed by atoms with Gasteiger partial charge in [0.1, 0.15) is 0 Å². The Morgan fingerprint density at radius 3 is 2.42 bits per heavy atom. The van der Waals surface area contributed by atoms with Crippen molar-refractivity contribution in [1.82, 2.24) is 4.90 Å². The number of alkyl halides is 2. The van der Waals surface area contributed by atoms with Crippen molar-refractivity contribution in [3.8, 4) is 0 Å². The van der Waals surface area contributed by atoms with Crippen molar-refractivity contribution in [2.24, 2.45) is 5.92 Å². The predicted molar refractivity (Wildman–Crippen MR) is 94.5 cm³/mol. The Labute approximate surface area is 147 Å². The van der Waals surface area contributed by atoms with Gasteiger partial charge in [0.05, 0.1) is 0 Å². The van der Waals surface area contributed by atoms with Gasteiger partial charge in [-0.2, -0.15) is 0 Å². The molecule has 1 nitrogen and oxygen atoms in total. The van der Waals surface area contributed by atoms with Gasteiger partial charge in [0.15, 0.2) is 0 Å². The lowest BCUT2D eigenvalue weighted by Crippen LogP contribution is -2.46. The molecule has 1 heterocycles. The fourth-order valence-electron chi connectivity index (χ4n) is 3.33. The molecule has 0 amide bonds. The fourth-order valence-corrected chi connectivity index (χ4v) is 3.45. The van der Waals surface area contributed by atoms with Gasteiger partial charge in [0, 0.05) is 37.0 Å². The van der Waals surface area contributed by atoms with E-state index in [2.05, 4.69) is 4.90 Å². The second kappa shape index (κ2) is 7.62. The molecule has 2 aromatic rings. The van der Waals surface area contributed by atoms with Crippen LogP contribution in [0.4, 0.5) is 8.78 Å². The van der Waals surface area contributed by atoms with E-state index >= 15 is 0 Å². The highest BCUT2D eigenvalue weighted by Gasteiger charge is 2.43. The molecule has 0 saturated carbocycles. The molecule has 4 heteroatoms. The number of halogens is 3. The minimum absolute atomic E-state index is 0.0555. The van der Waals surface area contributed by atoms with E-state index in [1.54, 1.807) is 0 Å². The number of hydrogen-bond donors (Lipinski definition) is 0. The van der Waals surface area contributed by atoms with E-state index in [0.717, 1.165) is 11.1 Å². The fraction of sp³-hybridized carbons (Fsp3) is 0.400. The smallest absolute Gasteiger partial charge is 0.253 e. The van der Waals surface area contributed by atoms with E-state index in [-0.39, 0.29) is 6.42 Å². The van der Waals surface area contributed by atoms with Gasteiger partial charge in [-0.1, -0.05) is 54.1 Å². The second-order valence-corrected chi connectivity index (χ2v) is 7.03. The van der Waals surface area contributed by atoms with Crippen LogP contribution in [-0.2, 0) is 13.0 Å². The number of aryl methyl sites for hydroxylation is 1. The minimum atomic E-state index is -2.56. The molecular formula is C20H22ClF2N. The number of likely N-dealkylation sites (tertiary alicyclic amines) is 1. The Bertz CT molecular complexity index is 642. The predicted octanol–water partition coefficient (Wildman–Crippen LogP) is 5.43. The van der Waals surface area contributed by atoms with E-state index < -0.39 is 11.8 Å². The molecule has 128 valence electrons. The second-order valence-electron chi connectivity index (χ2n) is 6.59. The molecule has 1 atom stereocenters. The van der Waals surface area contributed by atoms with Crippen molar-refractivity contribution in [2.45, 2.75) is 31.7 Å². The van der Waals surface area contributed by atoms with Crippen LogP contribution in [0.25, 0.3) is 0 Å². The van der Waals surface area contributed by atoms with Crippen molar-refractivity contribution in [3.63, 3.8) is 0 Å². The molecule has 0 aliphatic carbocycles. The molecule has 1 unspecified atom stereocenters. The van der Waals surface area contributed by atoms with E-state index in [4.69, 9.17) is 11.6 Å². The van der Waals surface area contributed by atoms with Crippen molar-refractivity contribution in [1.29, 1.82) is 0 Å². The molecule has 0 aromatic heterocycles. The SMILES string of the molecule is FC1(F)CCN(Cc2ccc(Cl)cc2)CC1CCc1ccccc1. The highest BCUT2D eigenvalue weighted by molar-refractivity contribution is 6.30. The van der Waals surface area contributed by atoms with Crippen LogP contribution in [0, 0.1) is 5.92 Å². The summed E-state index contributed by atoms with van der Waals surface area (Å²) >= 11 is 5.90. The highest BCUT2D eigenvalue weighted by Crippen LogP contribution is 2.36. The molecule has 0 N–H and O–H groups in total. The topological polar surface area (TPSA) is 3.24 Å². The largest absolute Gasteiger partial charge is 0.298 e. The molecule has 0 radical (unpaired) electrons. The van der Waals surface area contributed by atoms with Gasteiger partial charge in [0.2, 0.25) is 0 Å². The third-order valence-corrected chi connectivity index (χ3v) is 5.03.